The van der Waals surface area contributed by atoms with Crippen molar-refractivity contribution in [2.75, 3.05) is 13.1 Å². The topological polar surface area (TPSA) is 66.8 Å². The number of benzene rings is 3. The summed E-state index contributed by atoms with van der Waals surface area (Å²) in [5.41, 5.74) is 2.09. The predicted molar refractivity (Wildman–Crippen MR) is 128 cm³/mol. The van der Waals surface area contributed by atoms with Crippen LogP contribution in [0.25, 0.3) is 0 Å². The molecule has 1 aliphatic heterocycles. The number of carbonyl (C=O) groups is 2. The molecule has 1 N–H and O–H groups in total. The molecular formula is C27H25ClFNO4. The maximum absolute atomic E-state index is 14.2. The van der Waals surface area contributed by atoms with Gasteiger partial charge < -0.3 is 14.7 Å². The molecule has 5 nitrogen and oxygen atoms in total. The molecule has 1 amide bonds. The number of amides is 1. The molecule has 1 heterocycles. The highest BCUT2D eigenvalue weighted by molar-refractivity contribution is 6.30. The van der Waals surface area contributed by atoms with E-state index in [4.69, 9.17) is 16.3 Å². The quantitative estimate of drug-likeness (QED) is 0.481. The normalized spacial score (nSPS) is 16.6. The van der Waals surface area contributed by atoms with Crippen LogP contribution in [-0.2, 0) is 24.1 Å². The van der Waals surface area contributed by atoms with Gasteiger partial charge in [0.2, 0.25) is 0 Å². The molecule has 1 atom stereocenters. The molecule has 4 rings (SSSR count). The molecule has 34 heavy (non-hydrogen) atoms. The molecule has 0 fully saturated rings. The third kappa shape index (κ3) is 5.57. The first-order chi connectivity index (χ1) is 16.2. The number of hydrogen-bond donors (Lipinski definition) is 1. The smallest absolute Gasteiger partial charge is 0.323 e. The first-order valence-corrected chi connectivity index (χ1v) is 11.4. The van der Waals surface area contributed by atoms with Gasteiger partial charge in [0.1, 0.15) is 23.7 Å². The van der Waals surface area contributed by atoms with E-state index in [-0.39, 0.29) is 18.3 Å². The molecule has 7 heteroatoms. The lowest BCUT2D eigenvalue weighted by Crippen LogP contribution is -2.37. The molecule has 0 aliphatic carbocycles. The highest BCUT2D eigenvalue weighted by Crippen LogP contribution is 2.38. The van der Waals surface area contributed by atoms with Crippen molar-refractivity contribution in [1.29, 1.82) is 0 Å². The molecule has 0 saturated carbocycles. The molecule has 0 spiro atoms. The summed E-state index contributed by atoms with van der Waals surface area (Å²) < 4.78 is 20.3. The molecule has 0 unspecified atom stereocenters. The van der Waals surface area contributed by atoms with Crippen molar-refractivity contribution >= 4 is 23.5 Å². The zero-order chi connectivity index (χ0) is 24.3. The second kappa shape index (κ2) is 9.85. The Balaban J connectivity index is 1.49. The summed E-state index contributed by atoms with van der Waals surface area (Å²) in [6, 6.07) is 19.0. The van der Waals surface area contributed by atoms with E-state index in [0.29, 0.717) is 41.2 Å². The largest absolute Gasteiger partial charge is 0.487 e. The highest BCUT2D eigenvalue weighted by atomic mass is 35.5. The second-order valence-electron chi connectivity index (χ2n) is 8.82. The number of carboxylic acid groups (broad SMARTS) is 1. The summed E-state index contributed by atoms with van der Waals surface area (Å²) >= 11 is 6.03. The Morgan fingerprint density at radius 1 is 1.12 bits per heavy atom. The summed E-state index contributed by atoms with van der Waals surface area (Å²) in [4.78, 5) is 25.9. The lowest BCUT2D eigenvalue weighted by Gasteiger charge is -2.24. The van der Waals surface area contributed by atoms with Gasteiger partial charge in [-0.25, -0.2) is 4.39 Å². The van der Waals surface area contributed by atoms with Gasteiger partial charge in [0, 0.05) is 30.0 Å². The van der Waals surface area contributed by atoms with Gasteiger partial charge in [-0.2, -0.15) is 0 Å². The first kappa shape index (κ1) is 23.8. The average Bonchev–Trinajstić information content (AvgIpc) is 3.12. The van der Waals surface area contributed by atoms with Crippen molar-refractivity contribution in [3.05, 3.63) is 99.8 Å². The Morgan fingerprint density at radius 2 is 1.91 bits per heavy atom. The maximum Gasteiger partial charge on any atom is 0.323 e. The fourth-order valence-electron chi connectivity index (χ4n) is 4.35. The van der Waals surface area contributed by atoms with Crippen LogP contribution in [0, 0.1) is 5.82 Å². The number of carbonyl (C=O) groups excluding carboxylic acids is 1. The van der Waals surface area contributed by atoms with Crippen LogP contribution in [0.1, 0.15) is 34.0 Å². The van der Waals surface area contributed by atoms with Crippen LogP contribution in [0.15, 0.2) is 66.7 Å². The Labute approximate surface area is 202 Å². The number of ether oxygens (including phenoxy) is 1. The van der Waals surface area contributed by atoms with Crippen molar-refractivity contribution < 1.29 is 23.8 Å². The van der Waals surface area contributed by atoms with Crippen molar-refractivity contribution in [2.45, 2.75) is 31.8 Å². The van der Waals surface area contributed by atoms with Crippen LogP contribution < -0.4 is 4.74 Å². The lowest BCUT2D eigenvalue weighted by atomic mass is 9.91. The van der Waals surface area contributed by atoms with Crippen LogP contribution in [0.4, 0.5) is 4.39 Å². The maximum atomic E-state index is 14.2. The van der Waals surface area contributed by atoms with E-state index in [9.17, 15) is 19.1 Å². The molecule has 0 aromatic heterocycles. The molecule has 3 aromatic carbocycles. The van der Waals surface area contributed by atoms with Crippen molar-refractivity contribution in [3.63, 3.8) is 0 Å². The van der Waals surface area contributed by atoms with Crippen LogP contribution in [0.2, 0.25) is 5.02 Å². The fourth-order valence-corrected chi connectivity index (χ4v) is 4.57. The molecule has 0 radical (unpaired) electrons. The number of hydrogen-bond acceptors (Lipinski definition) is 3. The van der Waals surface area contributed by atoms with E-state index >= 15 is 0 Å². The first-order valence-electron chi connectivity index (χ1n) is 11.0. The van der Waals surface area contributed by atoms with Crippen LogP contribution >= 0.6 is 11.6 Å². The van der Waals surface area contributed by atoms with E-state index in [2.05, 4.69) is 0 Å². The van der Waals surface area contributed by atoms with Gasteiger partial charge in [0.15, 0.2) is 0 Å². The SMILES string of the molecule is C[C@@]1(Cc2ccccc2F)Cc2cc(C(=O)N(CCc3cccc(Cl)c3)CC(=O)O)ccc2O1. The third-order valence-electron chi connectivity index (χ3n) is 5.92. The summed E-state index contributed by atoms with van der Waals surface area (Å²) in [6.07, 6.45) is 1.38. The van der Waals surface area contributed by atoms with E-state index in [0.717, 1.165) is 11.1 Å². The van der Waals surface area contributed by atoms with E-state index in [1.807, 2.05) is 19.1 Å². The molecule has 176 valence electrons. The van der Waals surface area contributed by atoms with Gasteiger partial charge in [0.05, 0.1) is 0 Å². The van der Waals surface area contributed by atoms with E-state index < -0.39 is 18.1 Å². The number of fused-ring (bicyclic) bond motifs is 1. The highest BCUT2D eigenvalue weighted by Gasteiger charge is 2.36. The van der Waals surface area contributed by atoms with Crippen molar-refractivity contribution in [1.82, 2.24) is 4.90 Å². The third-order valence-corrected chi connectivity index (χ3v) is 6.16. The molecular weight excluding hydrogens is 457 g/mol. The Morgan fingerprint density at radius 3 is 2.65 bits per heavy atom. The zero-order valence-corrected chi connectivity index (χ0v) is 19.5. The summed E-state index contributed by atoms with van der Waals surface area (Å²) in [5, 5.41) is 9.93. The number of rotatable bonds is 8. The number of carboxylic acids is 1. The summed E-state index contributed by atoms with van der Waals surface area (Å²) in [7, 11) is 0. The molecule has 0 saturated heterocycles. The molecule has 3 aromatic rings. The van der Waals surface area contributed by atoms with Crippen molar-refractivity contribution in [2.24, 2.45) is 0 Å². The number of aliphatic carboxylic acids is 1. The van der Waals surface area contributed by atoms with Crippen LogP contribution in [0.3, 0.4) is 0 Å². The summed E-state index contributed by atoms with van der Waals surface area (Å²) in [5.74, 6) is -1.07. The van der Waals surface area contributed by atoms with Gasteiger partial charge in [-0.3, -0.25) is 9.59 Å². The van der Waals surface area contributed by atoms with Gasteiger partial charge in [-0.15, -0.1) is 0 Å². The minimum Gasteiger partial charge on any atom is -0.487 e. The number of nitrogens with zero attached hydrogens (tertiary/aromatic N) is 1. The Hall–Kier alpha value is -3.38. The van der Waals surface area contributed by atoms with Crippen molar-refractivity contribution in [3.8, 4) is 5.75 Å². The van der Waals surface area contributed by atoms with Crippen LogP contribution in [0.5, 0.6) is 5.75 Å². The zero-order valence-electron chi connectivity index (χ0n) is 18.8. The number of halogens is 2. The van der Waals surface area contributed by atoms with Gasteiger partial charge >= 0.3 is 5.97 Å². The van der Waals surface area contributed by atoms with Gasteiger partial charge in [-0.05, 0) is 66.4 Å². The minimum absolute atomic E-state index is 0.240. The Kier molecular flexibility index (Phi) is 6.89. The minimum atomic E-state index is -1.08. The molecule has 0 bridgehead atoms. The second-order valence-corrected chi connectivity index (χ2v) is 9.26. The van der Waals surface area contributed by atoms with Gasteiger partial charge in [-0.1, -0.05) is 41.9 Å². The average molecular weight is 482 g/mol. The summed E-state index contributed by atoms with van der Waals surface area (Å²) in [6.45, 7) is 1.75. The lowest BCUT2D eigenvalue weighted by molar-refractivity contribution is -0.137. The fraction of sp³-hybridized carbons (Fsp3) is 0.259. The predicted octanol–water partition coefficient (Wildman–Crippen LogP) is 5.18. The Bertz CT molecular complexity index is 1230. The monoisotopic (exact) mass is 481 g/mol. The van der Waals surface area contributed by atoms with Gasteiger partial charge in [0.25, 0.3) is 5.91 Å². The van der Waals surface area contributed by atoms with E-state index in [1.165, 1.54) is 11.0 Å². The van der Waals surface area contributed by atoms with E-state index in [1.54, 1.807) is 48.5 Å². The van der Waals surface area contributed by atoms with Crippen LogP contribution in [-0.4, -0.2) is 40.6 Å². The molecule has 1 aliphatic rings. The standard InChI is InChI=1S/C27H25ClFNO4/c1-27(15-20-6-2-3-8-23(20)29)16-21-14-19(9-10-24(21)34-27)26(33)30(17-25(31)32)12-11-18-5-4-7-22(28)13-18/h2-10,13-14H,11-12,15-17H2,1H3,(H,31,32)/t27-/m1/s1.